The van der Waals surface area contributed by atoms with Gasteiger partial charge in [0, 0.05) is 0 Å². The highest BCUT2D eigenvalue weighted by Gasteiger charge is 2.35. The van der Waals surface area contributed by atoms with E-state index in [-0.39, 0.29) is 22.8 Å². The van der Waals surface area contributed by atoms with Crippen LogP contribution >= 0.6 is 11.8 Å². The summed E-state index contributed by atoms with van der Waals surface area (Å²) in [5.74, 6) is -1.30. The van der Waals surface area contributed by atoms with Gasteiger partial charge in [-0.15, -0.1) is 5.10 Å². The Morgan fingerprint density at radius 2 is 2.03 bits per heavy atom. The van der Waals surface area contributed by atoms with Gasteiger partial charge in [-0.05, 0) is 64.2 Å². The maximum atomic E-state index is 13.3. The van der Waals surface area contributed by atoms with Gasteiger partial charge in [0.05, 0.1) is 28.6 Å². The molecule has 3 aromatic rings. The highest BCUT2D eigenvalue weighted by Crippen LogP contribution is 2.41. The van der Waals surface area contributed by atoms with Crippen molar-refractivity contribution in [2.75, 3.05) is 0 Å². The highest BCUT2D eigenvalue weighted by atomic mass is 32.2. The monoisotopic (exact) mass is 487 g/mol. The number of tetrazole rings is 1. The number of hydrogen-bond acceptors (Lipinski definition) is 9. The number of carbonyl (C=O) groups excluding carboxylic acids is 1. The number of aromatic nitrogens is 4. The Bertz CT molecular complexity index is 1350. The third kappa shape index (κ3) is 5.15. The number of carbonyl (C=O) groups is 1. The van der Waals surface area contributed by atoms with E-state index in [1.165, 1.54) is 30.3 Å². The summed E-state index contributed by atoms with van der Waals surface area (Å²) in [4.78, 5) is 16.3. The first-order valence-electron chi connectivity index (χ1n) is 9.34. The van der Waals surface area contributed by atoms with Gasteiger partial charge in [0.2, 0.25) is 0 Å². The average Bonchev–Trinajstić information content (AvgIpc) is 3.43. The molecule has 3 N–H and O–H groups in total. The molecule has 1 aromatic heterocycles. The Labute approximate surface area is 193 Å². The number of hydrogen-bond donors (Lipinski definition) is 3. The van der Waals surface area contributed by atoms with Crippen molar-refractivity contribution in [2.45, 2.75) is 12.7 Å². The molecule has 2 heterocycles. The first kappa shape index (κ1) is 22.8. The number of nitrogens with zero attached hydrogens (tertiary/aromatic N) is 5. The third-order valence-electron chi connectivity index (χ3n) is 4.33. The summed E-state index contributed by atoms with van der Waals surface area (Å²) >= 11 is 1.06. The number of alkyl halides is 3. The standard InChI is InChI=1S/C20H12F3N7O3S/c21-20(22,23)12-5-11(8-24)2-3-14(12)33-15-4-1-10(6-13(15)31)7-16-18(32)26-19(34-16)25-9-17-27-29-30-28-17/h1-7,31H,9H2,(H,25,26,32)(H,27,28,29,30)/b16-7-. The lowest BCUT2D eigenvalue weighted by atomic mass is 10.1. The Morgan fingerprint density at radius 1 is 1.24 bits per heavy atom. The van der Waals surface area contributed by atoms with Gasteiger partial charge in [0.15, 0.2) is 22.5 Å². The molecule has 1 aliphatic rings. The van der Waals surface area contributed by atoms with Crippen LogP contribution in [-0.4, -0.2) is 36.8 Å². The van der Waals surface area contributed by atoms with E-state index in [9.17, 15) is 23.1 Å². The van der Waals surface area contributed by atoms with E-state index in [0.29, 0.717) is 22.6 Å². The molecular weight excluding hydrogens is 475 g/mol. The molecule has 172 valence electrons. The van der Waals surface area contributed by atoms with Gasteiger partial charge in [-0.1, -0.05) is 6.07 Å². The summed E-state index contributed by atoms with van der Waals surface area (Å²) in [6, 6.07) is 8.44. The zero-order valence-electron chi connectivity index (χ0n) is 16.8. The van der Waals surface area contributed by atoms with E-state index >= 15 is 0 Å². The second-order valence-corrected chi connectivity index (χ2v) is 7.71. The summed E-state index contributed by atoms with van der Waals surface area (Å²) in [6.45, 7) is 0.224. The Balaban J connectivity index is 1.49. The molecule has 14 heteroatoms. The van der Waals surface area contributed by atoms with Crippen molar-refractivity contribution in [1.82, 2.24) is 25.9 Å². The maximum Gasteiger partial charge on any atom is 0.420 e. The molecule has 0 saturated heterocycles. The molecule has 0 saturated carbocycles. The number of nitrogens with one attached hydrogen (secondary N) is 2. The topological polar surface area (TPSA) is 149 Å². The van der Waals surface area contributed by atoms with E-state index in [1.807, 2.05) is 0 Å². The third-order valence-corrected chi connectivity index (χ3v) is 5.27. The van der Waals surface area contributed by atoms with Crippen LogP contribution in [0.15, 0.2) is 46.3 Å². The zero-order chi connectivity index (χ0) is 24.3. The minimum absolute atomic E-state index is 0.182. The van der Waals surface area contributed by atoms with Gasteiger partial charge in [-0.2, -0.15) is 23.4 Å². The van der Waals surface area contributed by atoms with Crippen LogP contribution in [0.4, 0.5) is 13.2 Å². The number of amides is 1. The van der Waals surface area contributed by atoms with E-state index in [2.05, 4.69) is 30.9 Å². The number of rotatable bonds is 5. The number of H-pyrrole nitrogens is 1. The van der Waals surface area contributed by atoms with Gasteiger partial charge in [-0.25, -0.2) is 5.10 Å². The quantitative estimate of drug-likeness (QED) is 0.461. The first-order chi connectivity index (χ1) is 16.2. The van der Waals surface area contributed by atoms with Gasteiger partial charge >= 0.3 is 6.18 Å². The van der Waals surface area contributed by atoms with Crippen LogP contribution in [-0.2, 0) is 17.5 Å². The minimum Gasteiger partial charge on any atom is -0.504 e. The average molecular weight is 487 g/mol. The summed E-state index contributed by atoms with van der Waals surface area (Å²) in [5.41, 5.74) is -0.936. The van der Waals surface area contributed by atoms with Crippen molar-refractivity contribution in [2.24, 2.45) is 4.99 Å². The summed E-state index contributed by atoms with van der Waals surface area (Å²) in [6.07, 6.45) is -3.30. The lowest BCUT2D eigenvalue weighted by Gasteiger charge is -2.15. The number of nitriles is 1. The largest absolute Gasteiger partial charge is 0.504 e. The normalized spacial score (nSPS) is 14.7. The molecule has 0 unspecified atom stereocenters. The predicted molar refractivity (Wildman–Crippen MR) is 113 cm³/mol. The summed E-state index contributed by atoms with van der Waals surface area (Å²) in [7, 11) is 0. The van der Waals surface area contributed by atoms with Crippen molar-refractivity contribution in [1.29, 1.82) is 5.26 Å². The maximum absolute atomic E-state index is 13.3. The number of aliphatic imine (C=N–C) groups is 1. The fourth-order valence-electron chi connectivity index (χ4n) is 2.79. The lowest BCUT2D eigenvalue weighted by molar-refractivity contribution is -0.138. The number of benzene rings is 2. The molecule has 34 heavy (non-hydrogen) atoms. The van der Waals surface area contributed by atoms with Crippen LogP contribution in [0.2, 0.25) is 0 Å². The van der Waals surface area contributed by atoms with Crippen molar-refractivity contribution >= 4 is 28.9 Å². The van der Waals surface area contributed by atoms with Crippen molar-refractivity contribution in [3.63, 3.8) is 0 Å². The zero-order valence-corrected chi connectivity index (χ0v) is 17.6. The van der Waals surface area contributed by atoms with E-state index in [4.69, 9.17) is 10.00 Å². The van der Waals surface area contributed by atoms with Crippen molar-refractivity contribution < 1.29 is 27.8 Å². The predicted octanol–water partition coefficient (Wildman–Crippen LogP) is 3.35. The number of halogens is 3. The van der Waals surface area contributed by atoms with Crippen LogP contribution < -0.4 is 10.1 Å². The van der Waals surface area contributed by atoms with Crippen LogP contribution in [0.5, 0.6) is 17.2 Å². The molecule has 0 bridgehead atoms. The number of aromatic amines is 1. The van der Waals surface area contributed by atoms with Crippen LogP contribution in [0, 0.1) is 11.3 Å². The molecule has 0 radical (unpaired) electrons. The Hall–Kier alpha value is -4.38. The van der Waals surface area contributed by atoms with Crippen molar-refractivity contribution in [3.8, 4) is 23.3 Å². The number of phenolic OH excluding ortho intramolecular Hbond substituents is 1. The molecule has 0 fully saturated rings. The number of phenols is 1. The molecule has 10 nitrogen and oxygen atoms in total. The molecule has 0 atom stereocenters. The van der Waals surface area contributed by atoms with Crippen LogP contribution in [0.3, 0.4) is 0 Å². The second-order valence-electron chi connectivity index (χ2n) is 6.68. The summed E-state index contributed by atoms with van der Waals surface area (Å²) in [5, 5.41) is 35.5. The molecule has 4 rings (SSSR count). The molecular formula is C20H12F3N7O3S. The fourth-order valence-corrected chi connectivity index (χ4v) is 3.60. The molecule has 0 aliphatic carbocycles. The van der Waals surface area contributed by atoms with E-state index in [0.717, 1.165) is 17.8 Å². The second kappa shape index (κ2) is 9.24. The fraction of sp³-hybridized carbons (Fsp3) is 0.100. The van der Waals surface area contributed by atoms with Crippen molar-refractivity contribution in [3.05, 3.63) is 63.8 Å². The minimum atomic E-state index is -4.77. The molecule has 2 aromatic carbocycles. The van der Waals surface area contributed by atoms with Gasteiger partial charge in [-0.3, -0.25) is 4.79 Å². The van der Waals surface area contributed by atoms with Crippen LogP contribution in [0.25, 0.3) is 6.08 Å². The highest BCUT2D eigenvalue weighted by molar-refractivity contribution is 8.18. The molecule has 0 spiro atoms. The molecule has 1 aliphatic heterocycles. The lowest BCUT2D eigenvalue weighted by Crippen LogP contribution is -2.19. The summed E-state index contributed by atoms with van der Waals surface area (Å²) < 4.78 is 45.3. The number of amidine groups is 1. The van der Waals surface area contributed by atoms with E-state index in [1.54, 1.807) is 6.07 Å². The van der Waals surface area contributed by atoms with Gasteiger partial charge < -0.3 is 15.2 Å². The van der Waals surface area contributed by atoms with E-state index < -0.39 is 29.1 Å². The SMILES string of the molecule is N#Cc1ccc(Oc2ccc(/C=C3\SC(NCc4nnn[nH]4)=NC3=O)cc2O)c(C(F)(F)F)c1. The number of ether oxygens (including phenoxy) is 1. The molecule has 1 amide bonds. The first-order valence-corrected chi connectivity index (χ1v) is 10.2. The van der Waals surface area contributed by atoms with Crippen LogP contribution in [0.1, 0.15) is 22.5 Å². The number of thioether (sulfide) groups is 1. The number of aromatic hydroxyl groups is 1. The Morgan fingerprint density at radius 3 is 2.71 bits per heavy atom. The van der Waals surface area contributed by atoms with Gasteiger partial charge in [0.25, 0.3) is 5.91 Å². The smallest absolute Gasteiger partial charge is 0.420 e. The Kier molecular flexibility index (Phi) is 6.19. The van der Waals surface area contributed by atoms with Gasteiger partial charge in [0.1, 0.15) is 5.75 Å².